The minimum atomic E-state index is -0.547. The molecule has 0 radical (unpaired) electrons. The Kier molecular flexibility index (Phi) is 5.55. The number of hydrogen-bond donors (Lipinski definition) is 1. The molecule has 0 saturated heterocycles. The summed E-state index contributed by atoms with van der Waals surface area (Å²) < 4.78 is 5.31. The summed E-state index contributed by atoms with van der Waals surface area (Å²) in [5.41, 5.74) is 0.931. The maximum absolute atomic E-state index is 12.3. The maximum Gasteiger partial charge on any atom is 0.245 e. The van der Waals surface area contributed by atoms with Gasteiger partial charge in [-0.15, -0.1) is 0 Å². The van der Waals surface area contributed by atoms with Crippen LogP contribution in [0.25, 0.3) is 0 Å². The van der Waals surface area contributed by atoms with Gasteiger partial charge in [-0.2, -0.15) is 0 Å². The molecule has 20 heavy (non-hydrogen) atoms. The number of ether oxygens (including phenoxy) is 1. The summed E-state index contributed by atoms with van der Waals surface area (Å²) >= 11 is 0. The highest BCUT2D eigenvalue weighted by molar-refractivity contribution is 5.86. The first-order chi connectivity index (χ1) is 9.38. The number of para-hydroxylation sites is 1. The van der Waals surface area contributed by atoms with E-state index in [-0.39, 0.29) is 17.9 Å². The van der Waals surface area contributed by atoms with Gasteiger partial charge >= 0.3 is 0 Å². The van der Waals surface area contributed by atoms with Crippen LogP contribution < -0.4 is 10.1 Å². The second kappa shape index (κ2) is 6.93. The highest BCUT2D eigenvalue weighted by Gasteiger charge is 2.24. The van der Waals surface area contributed by atoms with Gasteiger partial charge in [0.2, 0.25) is 11.8 Å². The first-order valence-corrected chi connectivity index (χ1v) is 6.55. The van der Waals surface area contributed by atoms with E-state index in [1.807, 2.05) is 31.2 Å². The smallest absolute Gasteiger partial charge is 0.245 e. The first-order valence-electron chi connectivity index (χ1n) is 6.55. The molecule has 0 aliphatic heterocycles. The van der Waals surface area contributed by atoms with Crippen LogP contribution in [0, 0.1) is 0 Å². The van der Waals surface area contributed by atoms with Gasteiger partial charge in [0, 0.05) is 19.5 Å². The van der Waals surface area contributed by atoms with Crippen LogP contribution >= 0.6 is 0 Å². The second-order valence-corrected chi connectivity index (χ2v) is 4.79. The van der Waals surface area contributed by atoms with Crippen molar-refractivity contribution >= 4 is 11.8 Å². The number of nitrogens with zero attached hydrogens (tertiary/aromatic N) is 1. The fourth-order valence-corrected chi connectivity index (χ4v) is 2.08. The highest BCUT2D eigenvalue weighted by atomic mass is 16.5. The van der Waals surface area contributed by atoms with Crippen molar-refractivity contribution in [3.63, 3.8) is 0 Å². The first kappa shape index (κ1) is 16.0. The van der Waals surface area contributed by atoms with Gasteiger partial charge in [-0.25, -0.2) is 0 Å². The van der Waals surface area contributed by atoms with E-state index < -0.39 is 6.04 Å². The lowest BCUT2D eigenvalue weighted by atomic mass is 10.1. The number of methoxy groups -OCH3 is 1. The summed E-state index contributed by atoms with van der Waals surface area (Å²) in [5, 5.41) is 2.60. The Hall–Kier alpha value is -2.04. The summed E-state index contributed by atoms with van der Waals surface area (Å²) in [6, 6.07) is 6.89. The SMILES string of the molecule is COc1ccccc1C(C)N(C)C(=O)C(C)NC(C)=O. The predicted molar refractivity (Wildman–Crippen MR) is 77.5 cm³/mol. The minimum Gasteiger partial charge on any atom is -0.496 e. The molecule has 2 unspecified atom stereocenters. The molecule has 1 aromatic carbocycles. The maximum atomic E-state index is 12.3. The van der Waals surface area contributed by atoms with Crippen LogP contribution in [0.3, 0.4) is 0 Å². The number of hydrogen-bond acceptors (Lipinski definition) is 3. The van der Waals surface area contributed by atoms with Crippen molar-refractivity contribution in [3.8, 4) is 5.75 Å². The van der Waals surface area contributed by atoms with Crippen molar-refractivity contribution in [1.82, 2.24) is 10.2 Å². The lowest BCUT2D eigenvalue weighted by Gasteiger charge is -2.29. The van der Waals surface area contributed by atoms with Crippen LogP contribution in [0.5, 0.6) is 5.75 Å². The quantitative estimate of drug-likeness (QED) is 0.892. The molecular formula is C15H22N2O3. The van der Waals surface area contributed by atoms with Gasteiger partial charge in [-0.05, 0) is 19.9 Å². The molecule has 2 amide bonds. The van der Waals surface area contributed by atoms with Crippen LogP contribution in [0.15, 0.2) is 24.3 Å². The van der Waals surface area contributed by atoms with E-state index in [2.05, 4.69) is 5.32 Å². The molecule has 2 atom stereocenters. The minimum absolute atomic E-state index is 0.140. The summed E-state index contributed by atoms with van der Waals surface area (Å²) in [6.07, 6.45) is 0. The molecule has 0 aromatic heterocycles. The Balaban J connectivity index is 2.88. The third-order valence-electron chi connectivity index (χ3n) is 3.31. The zero-order valence-corrected chi connectivity index (χ0v) is 12.6. The third kappa shape index (κ3) is 3.73. The summed E-state index contributed by atoms with van der Waals surface area (Å²) in [7, 11) is 3.32. The van der Waals surface area contributed by atoms with Crippen LogP contribution in [-0.2, 0) is 9.59 Å². The molecule has 110 valence electrons. The lowest BCUT2D eigenvalue weighted by molar-refractivity contribution is -0.136. The zero-order valence-electron chi connectivity index (χ0n) is 12.6. The van der Waals surface area contributed by atoms with E-state index in [1.165, 1.54) is 6.92 Å². The van der Waals surface area contributed by atoms with E-state index in [9.17, 15) is 9.59 Å². The van der Waals surface area contributed by atoms with Gasteiger partial charge in [0.1, 0.15) is 11.8 Å². The molecule has 0 fully saturated rings. The number of likely N-dealkylation sites (N-methyl/N-ethyl adjacent to an activating group) is 1. The topological polar surface area (TPSA) is 58.6 Å². The third-order valence-corrected chi connectivity index (χ3v) is 3.31. The number of carbonyl (C=O) groups is 2. The van der Waals surface area contributed by atoms with E-state index in [0.717, 1.165) is 11.3 Å². The summed E-state index contributed by atoms with van der Waals surface area (Å²) in [6.45, 7) is 5.00. The van der Waals surface area contributed by atoms with Gasteiger partial charge in [-0.3, -0.25) is 9.59 Å². The van der Waals surface area contributed by atoms with E-state index in [4.69, 9.17) is 4.74 Å². The van der Waals surface area contributed by atoms with Crippen molar-refractivity contribution in [2.75, 3.05) is 14.2 Å². The fraction of sp³-hybridized carbons (Fsp3) is 0.467. The van der Waals surface area contributed by atoms with Crippen molar-refractivity contribution in [2.45, 2.75) is 32.9 Å². The Morgan fingerprint density at radius 3 is 2.40 bits per heavy atom. The average molecular weight is 278 g/mol. The van der Waals surface area contributed by atoms with Crippen LogP contribution in [0.4, 0.5) is 0 Å². The monoisotopic (exact) mass is 278 g/mol. The van der Waals surface area contributed by atoms with Crippen LogP contribution in [-0.4, -0.2) is 36.9 Å². The molecule has 1 rings (SSSR count). The van der Waals surface area contributed by atoms with Crippen molar-refractivity contribution in [3.05, 3.63) is 29.8 Å². The Morgan fingerprint density at radius 2 is 1.85 bits per heavy atom. The number of benzene rings is 1. The number of carbonyl (C=O) groups excluding carboxylic acids is 2. The Morgan fingerprint density at radius 1 is 1.25 bits per heavy atom. The lowest BCUT2D eigenvalue weighted by Crippen LogP contribution is -2.45. The fourth-order valence-electron chi connectivity index (χ4n) is 2.08. The molecule has 0 saturated carbocycles. The van der Waals surface area contributed by atoms with Gasteiger partial charge in [-0.1, -0.05) is 18.2 Å². The molecule has 0 aliphatic rings. The Bertz CT molecular complexity index is 488. The van der Waals surface area contributed by atoms with Crippen molar-refractivity contribution < 1.29 is 14.3 Å². The van der Waals surface area contributed by atoms with E-state index in [1.54, 1.807) is 26.0 Å². The molecule has 0 bridgehead atoms. The molecule has 0 heterocycles. The average Bonchev–Trinajstić information content (AvgIpc) is 2.44. The molecular weight excluding hydrogens is 256 g/mol. The zero-order chi connectivity index (χ0) is 15.3. The largest absolute Gasteiger partial charge is 0.496 e. The molecule has 1 N–H and O–H groups in total. The predicted octanol–water partition coefficient (Wildman–Crippen LogP) is 1.74. The summed E-state index contributed by atoms with van der Waals surface area (Å²) in [5.74, 6) is 0.384. The molecule has 5 nitrogen and oxygen atoms in total. The number of nitrogens with one attached hydrogen (secondary N) is 1. The van der Waals surface area contributed by atoms with Gasteiger partial charge in [0.15, 0.2) is 0 Å². The van der Waals surface area contributed by atoms with Gasteiger partial charge in [0.25, 0.3) is 0 Å². The normalized spacial score (nSPS) is 13.2. The van der Waals surface area contributed by atoms with Crippen LogP contribution in [0.1, 0.15) is 32.4 Å². The standard InChI is InChI=1S/C15H22N2O3/c1-10(16-12(3)18)15(19)17(4)11(2)13-8-6-7-9-14(13)20-5/h6-11H,1-5H3,(H,16,18). The number of rotatable bonds is 5. The summed E-state index contributed by atoms with van der Waals surface area (Å²) in [4.78, 5) is 24.9. The molecule has 5 heteroatoms. The molecule has 1 aromatic rings. The molecule has 0 aliphatic carbocycles. The van der Waals surface area contributed by atoms with Crippen molar-refractivity contribution in [1.29, 1.82) is 0 Å². The van der Waals surface area contributed by atoms with Crippen molar-refractivity contribution in [2.24, 2.45) is 0 Å². The van der Waals surface area contributed by atoms with Crippen LogP contribution in [0.2, 0.25) is 0 Å². The van der Waals surface area contributed by atoms with Gasteiger partial charge in [0.05, 0.1) is 13.2 Å². The highest BCUT2D eigenvalue weighted by Crippen LogP contribution is 2.28. The van der Waals surface area contributed by atoms with E-state index in [0.29, 0.717) is 0 Å². The second-order valence-electron chi connectivity index (χ2n) is 4.79. The van der Waals surface area contributed by atoms with Gasteiger partial charge < -0.3 is 15.0 Å². The Labute approximate surface area is 119 Å². The number of amides is 2. The van der Waals surface area contributed by atoms with E-state index >= 15 is 0 Å². The molecule has 0 spiro atoms.